The Morgan fingerprint density at radius 1 is 0.808 bits per heavy atom. The first kappa shape index (κ1) is 18.3. The molecule has 134 valence electrons. The molecule has 0 aliphatic rings. The molecule has 4 nitrogen and oxygen atoms in total. The standard InChI is InChI=1S/C21H20ClNO3/c22-16-6-8-18(9-7-16)23(17-4-2-1-3-5-17)19-10-12-21(13-11-19)26-15-20(25)14-24/h1-13,20,24-25H,14-15H2. The van der Waals surface area contributed by atoms with Gasteiger partial charge in [-0.1, -0.05) is 29.8 Å². The van der Waals surface area contributed by atoms with Crippen molar-refractivity contribution in [3.63, 3.8) is 0 Å². The van der Waals surface area contributed by atoms with Crippen LogP contribution in [0.2, 0.25) is 5.02 Å². The number of para-hydroxylation sites is 1. The minimum atomic E-state index is -0.885. The zero-order valence-electron chi connectivity index (χ0n) is 14.1. The van der Waals surface area contributed by atoms with Crippen molar-refractivity contribution in [3.8, 4) is 5.75 Å². The molecule has 0 saturated carbocycles. The lowest BCUT2D eigenvalue weighted by Gasteiger charge is -2.25. The van der Waals surface area contributed by atoms with Gasteiger partial charge in [0.15, 0.2) is 0 Å². The number of anilines is 3. The Labute approximate surface area is 157 Å². The summed E-state index contributed by atoms with van der Waals surface area (Å²) >= 11 is 6.03. The summed E-state index contributed by atoms with van der Waals surface area (Å²) in [6.45, 7) is -0.272. The van der Waals surface area contributed by atoms with E-state index in [0.717, 1.165) is 17.1 Å². The summed E-state index contributed by atoms with van der Waals surface area (Å²) in [6.07, 6.45) is -0.885. The molecule has 0 saturated heterocycles. The van der Waals surface area contributed by atoms with Crippen molar-refractivity contribution >= 4 is 28.7 Å². The molecule has 0 spiro atoms. The van der Waals surface area contributed by atoms with Gasteiger partial charge in [-0.05, 0) is 60.7 Å². The number of aliphatic hydroxyl groups excluding tert-OH is 2. The predicted octanol–water partition coefficient (Wildman–Crippen LogP) is 4.54. The van der Waals surface area contributed by atoms with Crippen LogP contribution in [0.25, 0.3) is 0 Å². The van der Waals surface area contributed by atoms with E-state index in [1.807, 2.05) is 78.9 Å². The van der Waals surface area contributed by atoms with Crippen molar-refractivity contribution in [2.24, 2.45) is 0 Å². The smallest absolute Gasteiger partial charge is 0.119 e. The number of halogens is 1. The molecule has 0 fully saturated rings. The van der Waals surface area contributed by atoms with Crippen LogP contribution >= 0.6 is 11.6 Å². The van der Waals surface area contributed by atoms with Crippen LogP contribution in [0.5, 0.6) is 5.75 Å². The van der Waals surface area contributed by atoms with Crippen molar-refractivity contribution in [2.75, 3.05) is 18.1 Å². The molecule has 3 rings (SSSR count). The van der Waals surface area contributed by atoms with Crippen LogP contribution in [0.4, 0.5) is 17.1 Å². The Morgan fingerprint density at radius 3 is 1.92 bits per heavy atom. The molecular formula is C21H20ClNO3. The highest BCUT2D eigenvalue weighted by atomic mass is 35.5. The average Bonchev–Trinajstić information content (AvgIpc) is 2.69. The first-order valence-electron chi connectivity index (χ1n) is 8.30. The maximum atomic E-state index is 9.39. The highest BCUT2D eigenvalue weighted by Crippen LogP contribution is 2.35. The fourth-order valence-corrected chi connectivity index (χ4v) is 2.68. The van der Waals surface area contributed by atoms with Crippen molar-refractivity contribution in [3.05, 3.63) is 83.9 Å². The average molecular weight is 370 g/mol. The molecule has 1 unspecified atom stereocenters. The maximum Gasteiger partial charge on any atom is 0.119 e. The highest BCUT2D eigenvalue weighted by molar-refractivity contribution is 6.30. The Balaban J connectivity index is 1.88. The summed E-state index contributed by atoms with van der Waals surface area (Å²) in [5.41, 5.74) is 2.98. The third kappa shape index (κ3) is 4.55. The van der Waals surface area contributed by atoms with Crippen molar-refractivity contribution in [2.45, 2.75) is 6.10 Å². The predicted molar refractivity (Wildman–Crippen MR) is 105 cm³/mol. The normalized spacial score (nSPS) is 11.8. The maximum absolute atomic E-state index is 9.39. The molecule has 3 aromatic rings. The highest BCUT2D eigenvalue weighted by Gasteiger charge is 2.12. The first-order valence-corrected chi connectivity index (χ1v) is 8.67. The number of ether oxygens (including phenoxy) is 1. The molecule has 3 aromatic carbocycles. The Bertz CT molecular complexity index is 807. The number of aliphatic hydroxyl groups is 2. The van der Waals surface area contributed by atoms with Crippen LogP contribution in [-0.2, 0) is 0 Å². The quantitative estimate of drug-likeness (QED) is 0.642. The fraction of sp³-hybridized carbons (Fsp3) is 0.143. The van der Waals surface area contributed by atoms with E-state index in [2.05, 4.69) is 4.90 Å². The van der Waals surface area contributed by atoms with Gasteiger partial charge in [0.05, 0.1) is 6.61 Å². The molecule has 0 heterocycles. The number of benzene rings is 3. The van der Waals surface area contributed by atoms with Gasteiger partial charge in [-0.15, -0.1) is 0 Å². The van der Waals surface area contributed by atoms with E-state index in [1.165, 1.54) is 0 Å². The van der Waals surface area contributed by atoms with Crippen molar-refractivity contribution in [1.29, 1.82) is 0 Å². The molecule has 5 heteroatoms. The SMILES string of the molecule is OCC(O)COc1ccc(N(c2ccccc2)c2ccc(Cl)cc2)cc1. The summed E-state index contributed by atoms with van der Waals surface area (Å²) in [6, 6.07) is 25.3. The summed E-state index contributed by atoms with van der Waals surface area (Å²) in [7, 11) is 0. The first-order chi connectivity index (χ1) is 12.7. The molecule has 0 aromatic heterocycles. The molecular weight excluding hydrogens is 350 g/mol. The van der Waals surface area contributed by atoms with E-state index < -0.39 is 6.10 Å². The largest absolute Gasteiger partial charge is 0.491 e. The topological polar surface area (TPSA) is 52.9 Å². The summed E-state index contributed by atoms with van der Waals surface area (Å²) in [4.78, 5) is 2.11. The van der Waals surface area contributed by atoms with E-state index in [4.69, 9.17) is 21.4 Å². The minimum Gasteiger partial charge on any atom is -0.491 e. The van der Waals surface area contributed by atoms with E-state index >= 15 is 0 Å². The van der Waals surface area contributed by atoms with Gasteiger partial charge in [-0.25, -0.2) is 0 Å². The summed E-state index contributed by atoms with van der Waals surface area (Å²) < 4.78 is 5.47. The van der Waals surface area contributed by atoms with E-state index in [1.54, 1.807) is 0 Å². The van der Waals surface area contributed by atoms with Gasteiger partial charge in [-0.2, -0.15) is 0 Å². The number of nitrogens with zero attached hydrogens (tertiary/aromatic N) is 1. The number of hydrogen-bond acceptors (Lipinski definition) is 4. The molecule has 0 aliphatic carbocycles. The van der Waals surface area contributed by atoms with Gasteiger partial charge < -0.3 is 19.8 Å². The molecule has 0 amide bonds. The summed E-state index contributed by atoms with van der Waals surface area (Å²) in [5, 5.41) is 18.9. The zero-order valence-corrected chi connectivity index (χ0v) is 14.9. The van der Waals surface area contributed by atoms with Crippen LogP contribution in [0.15, 0.2) is 78.9 Å². The Morgan fingerprint density at radius 2 is 1.35 bits per heavy atom. The fourth-order valence-electron chi connectivity index (χ4n) is 2.55. The lowest BCUT2D eigenvalue weighted by Crippen LogP contribution is -2.21. The van der Waals surface area contributed by atoms with Crippen LogP contribution in [0.1, 0.15) is 0 Å². The zero-order chi connectivity index (χ0) is 18.4. The second-order valence-corrected chi connectivity index (χ2v) is 6.23. The van der Waals surface area contributed by atoms with Crippen LogP contribution in [-0.4, -0.2) is 29.5 Å². The van der Waals surface area contributed by atoms with E-state index in [9.17, 15) is 5.11 Å². The molecule has 0 bridgehead atoms. The van der Waals surface area contributed by atoms with Crippen LogP contribution in [0.3, 0.4) is 0 Å². The van der Waals surface area contributed by atoms with Gasteiger partial charge in [0.1, 0.15) is 18.5 Å². The Hall–Kier alpha value is -2.53. The molecule has 2 N–H and O–H groups in total. The molecule has 0 aliphatic heterocycles. The van der Waals surface area contributed by atoms with Gasteiger partial charge >= 0.3 is 0 Å². The number of hydrogen-bond donors (Lipinski definition) is 2. The third-order valence-corrected chi connectivity index (χ3v) is 4.10. The minimum absolute atomic E-state index is 0.0510. The molecule has 26 heavy (non-hydrogen) atoms. The van der Waals surface area contributed by atoms with Crippen molar-refractivity contribution < 1.29 is 14.9 Å². The van der Waals surface area contributed by atoms with Gasteiger partial charge in [0.2, 0.25) is 0 Å². The second kappa shape index (κ2) is 8.72. The van der Waals surface area contributed by atoms with Gasteiger partial charge in [-0.3, -0.25) is 0 Å². The summed E-state index contributed by atoms with van der Waals surface area (Å²) in [5.74, 6) is 0.630. The van der Waals surface area contributed by atoms with Gasteiger partial charge in [0.25, 0.3) is 0 Å². The third-order valence-electron chi connectivity index (χ3n) is 3.85. The lowest BCUT2D eigenvalue weighted by atomic mass is 10.2. The Kier molecular flexibility index (Phi) is 6.12. The molecule has 1 atom stereocenters. The van der Waals surface area contributed by atoms with E-state index in [0.29, 0.717) is 10.8 Å². The second-order valence-electron chi connectivity index (χ2n) is 5.79. The monoisotopic (exact) mass is 369 g/mol. The lowest BCUT2D eigenvalue weighted by molar-refractivity contribution is 0.0536. The van der Waals surface area contributed by atoms with E-state index in [-0.39, 0.29) is 13.2 Å². The number of rotatable bonds is 7. The van der Waals surface area contributed by atoms with Crippen molar-refractivity contribution in [1.82, 2.24) is 0 Å². The van der Waals surface area contributed by atoms with Crippen LogP contribution < -0.4 is 9.64 Å². The molecule has 0 radical (unpaired) electrons. The van der Waals surface area contributed by atoms with Crippen LogP contribution in [0, 0.1) is 0 Å². The van der Waals surface area contributed by atoms with Gasteiger partial charge in [0, 0.05) is 22.1 Å².